The highest BCUT2D eigenvalue weighted by Crippen LogP contribution is 2.30. The molecule has 0 N–H and O–H groups in total. The normalized spacial score (nSPS) is 13.4. The zero-order valence-corrected chi connectivity index (χ0v) is 20.0. The number of aromatic nitrogens is 1. The van der Waals surface area contributed by atoms with E-state index in [1.54, 1.807) is 14.2 Å². The molecule has 1 aromatic carbocycles. The zero-order chi connectivity index (χ0) is 22.2. The monoisotopic (exact) mass is 398 g/mol. The van der Waals surface area contributed by atoms with Crippen LogP contribution in [0.3, 0.4) is 0 Å². The van der Waals surface area contributed by atoms with Gasteiger partial charge in [-0.2, -0.15) is 0 Å². The molecular weight excluding hydrogens is 358 g/mol. The summed E-state index contributed by atoms with van der Waals surface area (Å²) in [5.41, 5.74) is 3.98. The van der Waals surface area contributed by atoms with E-state index in [2.05, 4.69) is 109 Å². The first kappa shape index (κ1) is 24.9. The van der Waals surface area contributed by atoms with E-state index < -0.39 is 0 Å². The second kappa shape index (κ2) is 10.6. The molecule has 29 heavy (non-hydrogen) atoms. The van der Waals surface area contributed by atoms with E-state index in [4.69, 9.17) is 9.47 Å². The van der Waals surface area contributed by atoms with Gasteiger partial charge in [-0.15, -0.1) is 0 Å². The Morgan fingerprint density at radius 1 is 0.931 bits per heavy atom. The van der Waals surface area contributed by atoms with Gasteiger partial charge in [0.1, 0.15) is 7.05 Å². The van der Waals surface area contributed by atoms with Crippen LogP contribution in [-0.4, -0.2) is 20.3 Å². The van der Waals surface area contributed by atoms with Crippen LogP contribution in [0.15, 0.2) is 60.5 Å². The summed E-state index contributed by atoms with van der Waals surface area (Å²) in [4.78, 5) is 0. The molecule has 0 radical (unpaired) electrons. The average Bonchev–Trinajstić information content (AvgIpc) is 2.62. The third-order valence-electron chi connectivity index (χ3n) is 4.85. The molecule has 1 atom stereocenters. The van der Waals surface area contributed by atoms with Crippen LogP contribution in [0.5, 0.6) is 0 Å². The lowest BCUT2D eigenvalue weighted by molar-refractivity contribution is -0.660. The summed E-state index contributed by atoms with van der Waals surface area (Å²) < 4.78 is 13.1. The Hall–Kier alpha value is -2.13. The molecule has 160 valence electrons. The van der Waals surface area contributed by atoms with Crippen molar-refractivity contribution in [3.8, 4) is 11.3 Å². The number of ether oxygens (including phenoxy) is 2. The highest BCUT2D eigenvalue weighted by Gasteiger charge is 2.26. The first-order valence-corrected chi connectivity index (χ1v) is 10.2. The molecule has 1 heterocycles. The van der Waals surface area contributed by atoms with E-state index in [-0.39, 0.29) is 16.9 Å². The van der Waals surface area contributed by atoms with Gasteiger partial charge < -0.3 is 9.47 Å². The van der Waals surface area contributed by atoms with Crippen LogP contribution in [0.2, 0.25) is 0 Å². The van der Waals surface area contributed by atoms with E-state index in [9.17, 15) is 0 Å². The lowest BCUT2D eigenvalue weighted by Gasteiger charge is -2.30. The minimum Gasteiger partial charge on any atom is -0.501 e. The van der Waals surface area contributed by atoms with Crippen LogP contribution < -0.4 is 4.57 Å². The number of pyridine rings is 1. The van der Waals surface area contributed by atoms with Crippen molar-refractivity contribution in [2.75, 3.05) is 14.2 Å². The molecule has 1 aromatic heterocycles. The van der Waals surface area contributed by atoms with Crippen molar-refractivity contribution in [3.63, 3.8) is 0 Å². The van der Waals surface area contributed by atoms with Crippen molar-refractivity contribution in [3.05, 3.63) is 66.1 Å². The SMILES string of the molecule is CO/C(=C\C(OC)C(C)(C)C)C(C)(C)C.Cc1ccccc1-c1cccc[n+]1C. The summed E-state index contributed by atoms with van der Waals surface area (Å²) in [6.45, 7) is 15.0. The Balaban J connectivity index is 0.000000290. The van der Waals surface area contributed by atoms with Crippen molar-refractivity contribution in [2.45, 2.75) is 54.6 Å². The van der Waals surface area contributed by atoms with Crippen LogP contribution in [0.25, 0.3) is 11.3 Å². The minimum absolute atomic E-state index is 0.0246. The number of rotatable bonds is 4. The van der Waals surface area contributed by atoms with E-state index >= 15 is 0 Å². The predicted octanol–water partition coefficient (Wildman–Crippen LogP) is 6.11. The Labute approximate surface area is 178 Å². The summed E-state index contributed by atoms with van der Waals surface area (Å²) in [5, 5.41) is 0. The second-order valence-corrected chi connectivity index (χ2v) is 9.52. The highest BCUT2D eigenvalue weighted by atomic mass is 16.5. The van der Waals surface area contributed by atoms with Gasteiger partial charge in [-0.3, -0.25) is 0 Å². The fourth-order valence-electron chi connectivity index (χ4n) is 3.10. The van der Waals surface area contributed by atoms with Crippen LogP contribution >= 0.6 is 0 Å². The summed E-state index contributed by atoms with van der Waals surface area (Å²) in [5.74, 6) is 0.976. The van der Waals surface area contributed by atoms with E-state index in [0.717, 1.165) is 5.76 Å². The maximum atomic E-state index is 5.49. The second-order valence-electron chi connectivity index (χ2n) is 9.52. The first-order chi connectivity index (χ1) is 13.4. The number of nitrogens with zero attached hydrogens (tertiary/aromatic N) is 1. The summed E-state index contributed by atoms with van der Waals surface area (Å²) in [7, 11) is 5.52. The van der Waals surface area contributed by atoms with Crippen molar-refractivity contribution >= 4 is 0 Å². The van der Waals surface area contributed by atoms with E-state index in [0.29, 0.717) is 0 Å². The number of aryl methyl sites for hydroxylation is 2. The molecule has 0 bridgehead atoms. The Morgan fingerprint density at radius 2 is 1.52 bits per heavy atom. The summed E-state index contributed by atoms with van der Waals surface area (Å²) in [6.07, 6.45) is 4.23. The van der Waals surface area contributed by atoms with Crippen LogP contribution in [0.1, 0.15) is 47.1 Å². The molecule has 0 aliphatic carbocycles. The lowest BCUT2D eigenvalue weighted by Crippen LogP contribution is -2.30. The van der Waals surface area contributed by atoms with Crippen LogP contribution in [-0.2, 0) is 16.5 Å². The predicted molar refractivity (Wildman–Crippen MR) is 123 cm³/mol. The van der Waals surface area contributed by atoms with Gasteiger partial charge in [0.15, 0.2) is 6.20 Å². The molecule has 2 rings (SSSR count). The molecule has 0 aliphatic rings. The Kier molecular flexibility index (Phi) is 9.10. The molecule has 2 aromatic rings. The van der Waals surface area contributed by atoms with Crippen LogP contribution in [0, 0.1) is 17.8 Å². The molecule has 3 heteroatoms. The van der Waals surface area contributed by atoms with Crippen molar-refractivity contribution < 1.29 is 14.0 Å². The van der Waals surface area contributed by atoms with Crippen molar-refractivity contribution in [1.82, 2.24) is 0 Å². The quantitative estimate of drug-likeness (QED) is 0.458. The van der Waals surface area contributed by atoms with Gasteiger partial charge >= 0.3 is 0 Å². The van der Waals surface area contributed by atoms with Crippen molar-refractivity contribution in [2.24, 2.45) is 17.9 Å². The largest absolute Gasteiger partial charge is 0.501 e. The van der Waals surface area contributed by atoms with Gasteiger partial charge in [0, 0.05) is 30.2 Å². The fraction of sp³-hybridized carbons (Fsp3) is 0.500. The average molecular weight is 399 g/mol. The standard InChI is InChI=1S/C13H14N.C13H26O2/c1-11-7-3-4-8-12(11)13-9-5-6-10-14(13)2;1-12(2,3)10(14-7)9-11(15-8)13(4,5)6/h3-10H,1-2H3;9-10H,1-8H3/q+1;/b;11-9-. The fourth-order valence-corrected chi connectivity index (χ4v) is 3.10. The number of benzene rings is 1. The van der Waals surface area contributed by atoms with Gasteiger partial charge in [0.05, 0.1) is 19.0 Å². The molecule has 0 saturated heterocycles. The number of hydrogen-bond donors (Lipinski definition) is 0. The van der Waals surface area contributed by atoms with Gasteiger partial charge in [0.2, 0.25) is 5.69 Å². The molecular formula is C26H40NO2+. The molecule has 0 fully saturated rings. The number of methoxy groups -OCH3 is 2. The van der Waals surface area contributed by atoms with E-state index in [1.165, 1.54) is 16.8 Å². The summed E-state index contributed by atoms with van der Waals surface area (Å²) >= 11 is 0. The number of hydrogen-bond acceptors (Lipinski definition) is 2. The molecule has 0 amide bonds. The first-order valence-electron chi connectivity index (χ1n) is 10.2. The highest BCUT2D eigenvalue weighted by molar-refractivity contribution is 5.60. The molecule has 3 nitrogen and oxygen atoms in total. The lowest BCUT2D eigenvalue weighted by atomic mass is 9.85. The third kappa shape index (κ3) is 7.66. The Morgan fingerprint density at radius 3 is 1.97 bits per heavy atom. The van der Waals surface area contributed by atoms with Gasteiger partial charge in [-0.25, -0.2) is 4.57 Å². The topological polar surface area (TPSA) is 22.3 Å². The third-order valence-corrected chi connectivity index (χ3v) is 4.85. The van der Waals surface area contributed by atoms with E-state index in [1.807, 2.05) is 6.07 Å². The summed E-state index contributed by atoms with van der Waals surface area (Å²) in [6, 6.07) is 14.7. The smallest absolute Gasteiger partial charge is 0.212 e. The molecule has 0 aliphatic heterocycles. The zero-order valence-electron chi connectivity index (χ0n) is 20.0. The Bertz CT molecular complexity index is 751. The minimum atomic E-state index is 0.0246. The number of allylic oxidation sites excluding steroid dienone is 1. The molecule has 1 unspecified atom stereocenters. The molecule has 0 saturated carbocycles. The maximum absolute atomic E-state index is 5.49. The van der Waals surface area contributed by atoms with Gasteiger partial charge in [-0.05, 0) is 36.1 Å². The van der Waals surface area contributed by atoms with Gasteiger partial charge in [0.25, 0.3) is 0 Å². The van der Waals surface area contributed by atoms with Crippen molar-refractivity contribution in [1.29, 1.82) is 0 Å². The molecule has 0 spiro atoms. The maximum Gasteiger partial charge on any atom is 0.212 e. The van der Waals surface area contributed by atoms with Gasteiger partial charge in [-0.1, -0.05) is 59.7 Å². The van der Waals surface area contributed by atoms with Crippen LogP contribution in [0.4, 0.5) is 0 Å².